The van der Waals surface area contributed by atoms with Crippen molar-refractivity contribution in [3.8, 4) is 5.75 Å². The normalized spacial score (nSPS) is 22.4. The molecule has 1 aliphatic rings. The highest BCUT2D eigenvalue weighted by Crippen LogP contribution is 2.36. The molecule has 92 valence electrons. The van der Waals surface area contributed by atoms with Crippen molar-refractivity contribution in [1.82, 2.24) is 10.3 Å². The fourth-order valence-electron chi connectivity index (χ4n) is 2.20. The van der Waals surface area contributed by atoms with Gasteiger partial charge in [-0.15, -0.1) is 0 Å². The molecule has 0 saturated heterocycles. The molecular weight excluding hydrogens is 220 g/mol. The van der Waals surface area contributed by atoms with Gasteiger partial charge in [0.15, 0.2) is 0 Å². The zero-order valence-electron chi connectivity index (χ0n) is 9.72. The first-order valence-electron chi connectivity index (χ1n) is 5.77. The molecule has 2 heterocycles. The second-order valence-electron chi connectivity index (χ2n) is 4.16. The average molecular weight is 236 g/mol. The lowest BCUT2D eigenvalue weighted by molar-refractivity contribution is 0.172. The van der Waals surface area contributed by atoms with Gasteiger partial charge in [-0.3, -0.25) is 4.98 Å². The Morgan fingerprint density at radius 1 is 1.71 bits per heavy atom. The lowest BCUT2D eigenvalue weighted by Crippen LogP contribution is -2.35. The minimum Gasteiger partial charge on any atom is -0.491 e. The molecule has 1 aliphatic heterocycles. The monoisotopic (exact) mass is 236 g/mol. The number of hydrogen-bond acceptors (Lipinski definition) is 3. The summed E-state index contributed by atoms with van der Waals surface area (Å²) in [7, 11) is 0. The number of nitrogens with one attached hydrogen (secondary N) is 1. The smallest absolute Gasteiger partial charge is 0.404 e. The van der Waals surface area contributed by atoms with E-state index in [1.807, 2.05) is 12.1 Å². The van der Waals surface area contributed by atoms with Gasteiger partial charge < -0.3 is 15.2 Å². The first-order valence-corrected chi connectivity index (χ1v) is 5.77. The molecule has 17 heavy (non-hydrogen) atoms. The Morgan fingerprint density at radius 2 is 2.53 bits per heavy atom. The number of hydrogen-bond donors (Lipinski definition) is 2. The third-order valence-electron chi connectivity index (χ3n) is 3.17. The third-order valence-corrected chi connectivity index (χ3v) is 3.17. The van der Waals surface area contributed by atoms with Crippen LogP contribution in [-0.2, 0) is 0 Å². The van der Waals surface area contributed by atoms with Crippen molar-refractivity contribution in [3.63, 3.8) is 0 Å². The summed E-state index contributed by atoms with van der Waals surface area (Å²) in [5, 5.41) is 11.1. The summed E-state index contributed by atoms with van der Waals surface area (Å²) in [5.74, 6) is 1.18. The van der Waals surface area contributed by atoms with Gasteiger partial charge in [-0.1, -0.05) is 6.92 Å². The number of aromatic nitrogens is 1. The average Bonchev–Trinajstić information content (AvgIpc) is 2.35. The number of nitrogens with zero attached hydrogens (tertiary/aromatic N) is 1. The van der Waals surface area contributed by atoms with E-state index in [0.29, 0.717) is 19.1 Å². The molecule has 1 aromatic rings. The highest BCUT2D eigenvalue weighted by atomic mass is 16.5. The Balaban J connectivity index is 2.21. The number of amides is 1. The number of fused-ring (bicyclic) bond motifs is 1. The second-order valence-corrected chi connectivity index (χ2v) is 4.16. The summed E-state index contributed by atoms with van der Waals surface area (Å²) in [6, 6.07) is 3.70. The molecule has 5 heteroatoms. The van der Waals surface area contributed by atoms with Crippen LogP contribution in [0.5, 0.6) is 5.75 Å². The van der Waals surface area contributed by atoms with Crippen LogP contribution in [0, 0.1) is 5.92 Å². The molecule has 0 unspecified atom stereocenters. The fraction of sp³-hybridized carbons (Fsp3) is 0.500. The largest absolute Gasteiger partial charge is 0.491 e. The maximum absolute atomic E-state index is 10.6. The Labute approximate surface area is 99.8 Å². The lowest BCUT2D eigenvalue weighted by atomic mass is 9.85. The van der Waals surface area contributed by atoms with E-state index in [9.17, 15) is 4.79 Å². The van der Waals surface area contributed by atoms with Crippen LogP contribution in [0.1, 0.15) is 25.0 Å². The van der Waals surface area contributed by atoms with Crippen LogP contribution >= 0.6 is 0 Å². The Bertz CT molecular complexity index is 408. The number of pyridine rings is 1. The van der Waals surface area contributed by atoms with Crippen LogP contribution in [0.3, 0.4) is 0 Å². The van der Waals surface area contributed by atoms with E-state index in [-0.39, 0.29) is 5.92 Å². The predicted octanol–water partition coefficient (Wildman–Crippen LogP) is 1.85. The van der Waals surface area contributed by atoms with Gasteiger partial charge in [0.25, 0.3) is 0 Å². The van der Waals surface area contributed by atoms with Crippen LogP contribution < -0.4 is 10.1 Å². The van der Waals surface area contributed by atoms with E-state index >= 15 is 0 Å². The molecule has 0 bridgehead atoms. The zero-order valence-corrected chi connectivity index (χ0v) is 9.72. The molecule has 2 atom stereocenters. The minimum absolute atomic E-state index is 0.0982. The van der Waals surface area contributed by atoms with E-state index < -0.39 is 6.09 Å². The van der Waals surface area contributed by atoms with Crippen molar-refractivity contribution < 1.29 is 14.6 Å². The molecule has 1 aromatic heterocycles. The molecular formula is C12H16N2O3. The Morgan fingerprint density at radius 3 is 3.24 bits per heavy atom. The van der Waals surface area contributed by atoms with Gasteiger partial charge in [0, 0.05) is 24.6 Å². The van der Waals surface area contributed by atoms with Crippen LogP contribution in [-0.4, -0.2) is 29.3 Å². The van der Waals surface area contributed by atoms with Crippen molar-refractivity contribution >= 4 is 6.09 Å². The summed E-state index contributed by atoms with van der Waals surface area (Å²) >= 11 is 0. The summed E-state index contributed by atoms with van der Waals surface area (Å²) < 4.78 is 5.63. The number of ether oxygens (including phenoxy) is 1. The highest BCUT2D eigenvalue weighted by Gasteiger charge is 2.31. The van der Waals surface area contributed by atoms with Crippen molar-refractivity contribution in [2.24, 2.45) is 5.92 Å². The SMILES string of the molecule is CC[C@@H]1COc2cccnc2[C@@H]1CNC(=O)O. The topological polar surface area (TPSA) is 71.5 Å². The number of carboxylic acid groups (broad SMARTS) is 1. The van der Waals surface area contributed by atoms with Gasteiger partial charge >= 0.3 is 6.09 Å². The van der Waals surface area contributed by atoms with Crippen LogP contribution in [0.25, 0.3) is 0 Å². The molecule has 5 nitrogen and oxygen atoms in total. The Kier molecular flexibility index (Phi) is 3.46. The molecule has 2 rings (SSSR count). The first kappa shape index (κ1) is 11.7. The fourth-order valence-corrected chi connectivity index (χ4v) is 2.20. The van der Waals surface area contributed by atoms with E-state index in [1.54, 1.807) is 6.20 Å². The lowest BCUT2D eigenvalue weighted by Gasteiger charge is -2.31. The van der Waals surface area contributed by atoms with Gasteiger partial charge in [0.2, 0.25) is 0 Å². The number of rotatable bonds is 3. The Hall–Kier alpha value is -1.78. The molecule has 0 radical (unpaired) electrons. The minimum atomic E-state index is -0.996. The van der Waals surface area contributed by atoms with Gasteiger partial charge in [-0.25, -0.2) is 4.79 Å². The van der Waals surface area contributed by atoms with E-state index in [0.717, 1.165) is 17.9 Å². The van der Waals surface area contributed by atoms with Gasteiger partial charge in [0.1, 0.15) is 5.75 Å². The molecule has 0 fully saturated rings. The number of carbonyl (C=O) groups is 1. The maximum atomic E-state index is 10.6. The van der Waals surface area contributed by atoms with Crippen LogP contribution in [0.4, 0.5) is 4.79 Å². The third kappa shape index (κ3) is 2.49. The van der Waals surface area contributed by atoms with Crippen molar-refractivity contribution in [1.29, 1.82) is 0 Å². The first-order chi connectivity index (χ1) is 8.22. The van der Waals surface area contributed by atoms with Crippen molar-refractivity contribution in [3.05, 3.63) is 24.0 Å². The summed E-state index contributed by atoms with van der Waals surface area (Å²) in [4.78, 5) is 14.9. The van der Waals surface area contributed by atoms with Crippen LogP contribution in [0.2, 0.25) is 0 Å². The summed E-state index contributed by atoms with van der Waals surface area (Å²) in [6.07, 6.45) is 1.67. The zero-order chi connectivity index (χ0) is 12.3. The highest BCUT2D eigenvalue weighted by molar-refractivity contribution is 5.64. The molecule has 1 amide bonds. The van der Waals surface area contributed by atoms with Gasteiger partial charge in [-0.05, 0) is 18.6 Å². The molecule has 0 aliphatic carbocycles. The molecule has 2 N–H and O–H groups in total. The molecule has 0 saturated carbocycles. The van der Waals surface area contributed by atoms with Gasteiger partial charge in [-0.2, -0.15) is 0 Å². The quantitative estimate of drug-likeness (QED) is 0.840. The standard InChI is InChI=1S/C12H16N2O3/c1-2-8-7-17-10-4-3-5-13-11(10)9(8)6-14-12(15)16/h3-5,8-9,14H,2,6-7H2,1H3,(H,15,16)/t8-,9-/m1/s1. The molecule has 0 spiro atoms. The maximum Gasteiger partial charge on any atom is 0.404 e. The summed E-state index contributed by atoms with van der Waals surface area (Å²) in [6.45, 7) is 3.10. The van der Waals surface area contributed by atoms with E-state index in [4.69, 9.17) is 9.84 Å². The summed E-state index contributed by atoms with van der Waals surface area (Å²) in [5.41, 5.74) is 0.861. The van der Waals surface area contributed by atoms with Crippen molar-refractivity contribution in [2.75, 3.05) is 13.2 Å². The van der Waals surface area contributed by atoms with E-state index in [2.05, 4.69) is 17.2 Å². The van der Waals surface area contributed by atoms with E-state index in [1.165, 1.54) is 0 Å². The van der Waals surface area contributed by atoms with Crippen LogP contribution in [0.15, 0.2) is 18.3 Å². The van der Waals surface area contributed by atoms with Crippen molar-refractivity contribution in [2.45, 2.75) is 19.3 Å². The van der Waals surface area contributed by atoms with Gasteiger partial charge in [0.05, 0.1) is 12.3 Å². The second kappa shape index (κ2) is 5.03. The molecule has 0 aromatic carbocycles. The predicted molar refractivity (Wildman–Crippen MR) is 62.3 cm³/mol.